The molecule has 0 spiro atoms. The van der Waals surface area contributed by atoms with Gasteiger partial charge in [-0.25, -0.2) is 4.98 Å². The lowest BCUT2D eigenvalue weighted by molar-refractivity contribution is -0.125. The summed E-state index contributed by atoms with van der Waals surface area (Å²) in [4.78, 5) is 32.8. The van der Waals surface area contributed by atoms with E-state index in [1.165, 1.54) is 16.2 Å². The number of anilines is 1. The van der Waals surface area contributed by atoms with E-state index in [1.807, 2.05) is 43.3 Å². The lowest BCUT2D eigenvalue weighted by atomic mass is 9.97. The maximum Gasteiger partial charge on any atom is 0.246 e. The zero-order chi connectivity index (χ0) is 23.7. The summed E-state index contributed by atoms with van der Waals surface area (Å²) in [6.45, 7) is 1.45. The molecule has 5 rings (SSSR count). The van der Waals surface area contributed by atoms with Crippen LogP contribution in [0.3, 0.4) is 0 Å². The van der Waals surface area contributed by atoms with E-state index in [1.54, 1.807) is 23.2 Å². The molecule has 0 radical (unpaired) electrons. The number of amides is 2. The zero-order valence-electron chi connectivity index (χ0n) is 19.7. The first-order valence-electron chi connectivity index (χ1n) is 11.3. The van der Waals surface area contributed by atoms with Crippen LogP contribution in [0.2, 0.25) is 0 Å². The SMILES string of the molecule is CN1CC(=O)Nc2ncc(/C=C/C(=O)N(C)Cc3cc4ccccc4c4ccccc34)cc2C1.Cl. The predicted molar refractivity (Wildman–Crippen MR) is 143 cm³/mol. The van der Waals surface area contributed by atoms with E-state index in [2.05, 4.69) is 46.7 Å². The molecule has 35 heavy (non-hydrogen) atoms. The number of fused-ring (bicyclic) bond motifs is 4. The number of aromatic nitrogens is 1. The number of benzene rings is 3. The molecule has 0 aliphatic carbocycles. The van der Waals surface area contributed by atoms with E-state index in [4.69, 9.17) is 0 Å². The molecule has 6 nitrogen and oxygen atoms in total. The van der Waals surface area contributed by atoms with Crippen molar-refractivity contribution in [3.05, 3.63) is 89.6 Å². The van der Waals surface area contributed by atoms with Gasteiger partial charge in [0.15, 0.2) is 0 Å². The van der Waals surface area contributed by atoms with E-state index >= 15 is 0 Å². The number of nitrogens with zero attached hydrogens (tertiary/aromatic N) is 3. The van der Waals surface area contributed by atoms with Crippen molar-refractivity contribution in [2.45, 2.75) is 13.1 Å². The molecular weight excluding hydrogens is 460 g/mol. The number of rotatable bonds is 4. The van der Waals surface area contributed by atoms with Crippen LogP contribution in [0.15, 0.2) is 72.9 Å². The smallest absolute Gasteiger partial charge is 0.246 e. The van der Waals surface area contributed by atoms with Crippen LogP contribution in [0.1, 0.15) is 16.7 Å². The van der Waals surface area contributed by atoms with Crippen LogP contribution >= 0.6 is 12.4 Å². The van der Waals surface area contributed by atoms with Gasteiger partial charge in [0.25, 0.3) is 0 Å². The second-order valence-corrected chi connectivity index (χ2v) is 8.83. The Labute approximate surface area is 210 Å². The number of carbonyl (C=O) groups excluding carboxylic acids is 2. The Hall–Kier alpha value is -3.74. The molecule has 1 N–H and O–H groups in total. The van der Waals surface area contributed by atoms with Crippen molar-refractivity contribution < 1.29 is 9.59 Å². The number of nitrogens with one attached hydrogen (secondary N) is 1. The van der Waals surface area contributed by atoms with Gasteiger partial charge in [-0.1, -0.05) is 48.5 Å². The van der Waals surface area contributed by atoms with Gasteiger partial charge < -0.3 is 10.2 Å². The van der Waals surface area contributed by atoms with Gasteiger partial charge in [-0.3, -0.25) is 14.5 Å². The molecule has 7 heteroatoms. The Balaban J connectivity index is 0.00000289. The Morgan fingerprint density at radius 1 is 1.06 bits per heavy atom. The molecule has 3 aromatic carbocycles. The zero-order valence-corrected chi connectivity index (χ0v) is 20.5. The van der Waals surface area contributed by atoms with E-state index in [-0.39, 0.29) is 24.2 Å². The van der Waals surface area contributed by atoms with Gasteiger partial charge in [-0.15, -0.1) is 12.4 Å². The normalized spacial score (nSPS) is 13.8. The van der Waals surface area contributed by atoms with Crippen molar-refractivity contribution in [3.8, 4) is 0 Å². The molecule has 0 saturated heterocycles. The van der Waals surface area contributed by atoms with Crippen molar-refractivity contribution in [1.29, 1.82) is 0 Å². The van der Waals surface area contributed by atoms with E-state index in [0.29, 0.717) is 25.5 Å². The minimum Gasteiger partial charge on any atom is -0.338 e. The first-order chi connectivity index (χ1) is 16.5. The molecular formula is C28H27ClN4O2. The lowest BCUT2D eigenvalue weighted by Crippen LogP contribution is -2.26. The number of carbonyl (C=O) groups is 2. The van der Waals surface area contributed by atoms with Gasteiger partial charge in [-0.05, 0) is 57.9 Å². The Morgan fingerprint density at radius 2 is 1.77 bits per heavy atom. The summed E-state index contributed by atoms with van der Waals surface area (Å²) >= 11 is 0. The monoisotopic (exact) mass is 486 g/mol. The fourth-order valence-electron chi connectivity index (χ4n) is 4.51. The third-order valence-corrected chi connectivity index (χ3v) is 6.16. The summed E-state index contributed by atoms with van der Waals surface area (Å²) in [7, 11) is 3.71. The van der Waals surface area contributed by atoms with Crippen LogP contribution in [0, 0.1) is 0 Å². The highest BCUT2D eigenvalue weighted by Gasteiger charge is 2.17. The topological polar surface area (TPSA) is 65.5 Å². The molecule has 1 aromatic heterocycles. The Morgan fingerprint density at radius 3 is 2.57 bits per heavy atom. The number of hydrogen-bond donors (Lipinski definition) is 1. The van der Waals surface area contributed by atoms with Crippen LogP contribution in [0.25, 0.3) is 27.6 Å². The summed E-state index contributed by atoms with van der Waals surface area (Å²) in [5.74, 6) is 0.422. The van der Waals surface area contributed by atoms with Crippen LogP contribution in [0.4, 0.5) is 5.82 Å². The predicted octanol–water partition coefficient (Wildman–Crippen LogP) is 4.87. The molecule has 178 valence electrons. The second-order valence-electron chi connectivity index (χ2n) is 8.83. The lowest BCUT2D eigenvalue weighted by Gasteiger charge is -2.18. The summed E-state index contributed by atoms with van der Waals surface area (Å²) in [6, 6.07) is 20.8. The van der Waals surface area contributed by atoms with Crippen LogP contribution < -0.4 is 5.32 Å². The van der Waals surface area contributed by atoms with Crippen molar-refractivity contribution in [2.24, 2.45) is 0 Å². The van der Waals surface area contributed by atoms with Gasteiger partial charge in [-0.2, -0.15) is 0 Å². The third-order valence-electron chi connectivity index (χ3n) is 6.16. The highest BCUT2D eigenvalue weighted by atomic mass is 35.5. The largest absolute Gasteiger partial charge is 0.338 e. The molecule has 2 amide bonds. The number of pyridine rings is 1. The third kappa shape index (κ3) is 5.19. The number of halogens is 1. The minimum atomic E-state index is -0.0856. The quantitative estimate of drug-likeness (QED) is 0.330. The van der Waals surface area contributed by atoms with E-state index < -0.39 is 0 Å². The van der Waals surface area contributed by atoms with E-state index in [9.17, 15) is 9.59 Å². The van der Waals surface area contributed by atoms with Gasteiger partial charge in [0.05, 0.1) is 6.54 Å². The second kappa shape index (κ2) is 10.3. The standard InChI is InChI=1S/C28H26N4O2.ClH/c1-31-16-22-13-19(15-29-28(22)30-26(33)18-31)11-12-27(34)32(2)17-21-14-20-7-3-4-8-23(20)25-10-6-5-9-24(21)25;/h3-15H,16-18H2,1-2H3,(H,29,30,33);1H/b12-11+;. The van der Waals surface area contributed by atoms with Crippen molar-refractivity contribution in [3.63, 3.8) is 0 Å². The molecule has 0 bridgehead atoms. The first-order valence-corrected chi connectivity index (χ1v) is 11.3. The highest BCUT2D eigenvalue weighted by Crippen LogP contribution is 2.29. The average Bonchev–Trinajstić information content (AvgIpc) is 2.98. The summed E-state index contributed by atoms with van der Waals surface area (Å²) in [6.07, 6.45) is 5.02. The fourth-order valence-corrected chi connectivity index (χ4v) is 4.51. The maximum atomic E-state index is 12.9. The molecule has 0 saturated carbocycles. The highest BCUT2D eigenvalue weighted by molar-refractivity contribution is 6.09. The van der Waals surface area contributed by atoms with Crippen LogP contribution in [-0.4, -0.2) is 47.2 Å². The summed E-state index contributed by atoms with van der Waals surface area (Å²) < 4.78 is 0. The molecule has 0 unspecified atom stereocenters. The molecule has 0 atom stereocenters. The van der Waals surface area contributed by atoms with Crippen LogP contribution in [-0.2, 0) is 22.7 Å². The number of likely N-dealkylation sites (N-methyl/N-ethyl adjacent to an activating group) is 2. The molecule has 1 aliphatic heterocycles. The fraction of sp³-hybridized carbons (Fsp3) is 0.179. The van der Waals surface area contributed by atoms with Gasteiger partial charge >= 0.3 is 0 Å². The summed E-state index contributed by atoms with van der Waals surface area (Å²) in [5.41, 5.74) is 2.86. The maximum absolute atomic E-state index is 12.9. The van der Waals surface area contributed by atoms with Gasteiger partial charge in [0, 0.05) is 38.0 Å². The minimum absolute atomic E-state index is 0. The van der Waals surface area contributed by atoms with Gasteiger partial charge in [0.1, 0.15) is 5.82 Å². The van der Waals surface area contributed by atoms with Gasteiger partial charge in [0.2, 0.25) is 11.8 Å². The Kier molecular flexibility index (Phi) is 7.15. The first kappa shape index (κ1) is 24.4. The van der Waals surface area contributed by atoms with Crippen molar-refractivity contribution in [2.75, 3.05) is 26.0 Å². The van der Waals surface area contributed by atoms with Crippen LogP contribution in [0.5, 0.6) is 0 Å². The van der Waals surface area contributed by atoms with Crippen molar-refractivity contribution >= 4 is 57.7 Å². The molecule has 4 aromatic rings. The number of hydrogen-bond acceptors (Lipinski definition) is 4. The average molecular weight is 487 g/mol. The Bertz CT molecular complexity index is 1450. The molecule has 1 aliphatic rings. The van der Waals surface area contributed by atoms with E-state index in [0.717, 1.165) is 22.1 Å². The van der Waals surface area contributed by atoms with Crippen molar-refractivity contribution in [1.82, 2.24) is 14.8 Å². The summed E-state index contributed by atoms with van der Waals surface area (Å²) in [5, 5.41) is 7.56. The molecule has 0 fully saturated rings. The molecule has 2 heterocycles.